The van der Waals surface area contributed by atoms with E-state index in [9.17, 15) is 10.1 Å². The van der Waals surface area contributed by atoms with Gasteiger partial charge in [0.2, 0.25) is 5.91 Å². The lowest BCUT2D eigenvalue weighted by atomic mass is 9.96. The van der Waals surface area contributed by atoms with E-state index in [1.165, 1.54) is 0 Å². The lowest BCUT2D eigenvalue weighted by molar-refractivity contribution is -0.112. The molecular formula is C23H20N6O. The highest BCUT2D eigenvalue weighted by molar-refractivity contribution is 6.19. The fourth-order valence-electron chi connectivity index (χ4n) is 3.65. The van der Waals surface area contributed by atoms with Gasteiger partial charge in [-0.05, 0) is 31.0 Å². The Morgan fingerprint density at radius 3 is 2.33 bits per heavy atom. The average Bonchev–Trinajstić information content (AvgIpc) is 3.33. The average molecular weight is 396 g/mol. The van der Waals surface area contributed by atoms with Gasteiger partial charge in [0.1, 0.15) is 6.07 Å². The van der Waals surface area contributed by atoms with E-state index in [1.807, 2.05) is 63.6 Å². The van der Waals surface area contributed by atoms with Crippen LogP contribution in [0.15, 0.2) is 60.7 Å². The molecule has 3 heterocycles. The lowest BCUT2D eigenvalue weighted by Crippen LogP contribution is -2.14. The number of pyridine rings is 1. The van der Waals surface area contributed by atoms with Gasteiger partial charge in [0.05, 0.1) is 23.5 Å². The first-order valence-electron chi connectivity index (χ1n) is 9.37. The highest BCUT2D eigenvalue weighted by Gasteiger charge is 2.15. The van der Waals surface area contributed by atoms with Crippen LogP contribution in [0.1, 0.15) is 25.0 Å². The number of primary amides is 1. The first-order valence-corrected chi connectivity index (χ1v) is 9.37. The van der Waals surface area contributed by atoms with Crippen LogP contribution in [0.2, 0.25) is 0 Å². The first kappa shape index (κ1) is 19.2. The summed E-state index contributed by atoms with van der Waals surface area (Å²) in [5, 5.41) is 18.2. The Bertz CT molecular complexity index is 1340. The Balaban J connectivity index is 1.91. The third-order valence-electron chi connectivity index (χ3n) is 5.00. The van der Waals surface area contributed by atoms with Crippen molar-refractivity contribution in [2.75, 3.05) is 0 Å². The minimum absolute atomic E-state index is 0.453. The second-order valence-corrected chi connectivity index (χ2v) is 7.32. The molecule has 7 nitrogen and oxygen atoms in total. The molecule has 0 radical (unpaired) electrons. The van der Waals surface area contributed by atoms with Crippen LogP contribution in [-0.4, -0.2) is 25.3 Å². The van der Waals surface area contributed by atoms with Crippen molar-refractivity contribution in [3.8, 4) is 28.3 Å². The molecule has 30 heavy (non-hydrogen) atoms. The molecule has 0 fully saturated rings. The topological polar surface area (TPSA) is 102 Å². The summed E-state index contributed by atoms with van der Waals surface area (Å²) in [4.78, 5) is 11.8. The monoisotopic (exact) mass is 396 g/mol. The van der Waals surface area contributed by atoms with Crippen molar-refractivity contribution in [3.63, 3.8) is 0 Å². The molecule has 7 heteroatoms. The van der Waals surface area contributed by atoms with Crippen LogP contribution in [0.4, 0.5) is 0 Å². The minimum atomic E-state index is -0.453. The maximum Gasteiger partial charge on any atom is 0.249 e. The Morgan fingerprint density at radius 2 is 1.77 bits per heavy atom. The summed E-state index contributed by atoms with van der Waals surface area (Å²) in [5.41, 5.74) is 12.6. The molecule has 0 aliphatic heterocycles. The van der Waals surface area contributed by atoms with Crippen molar-refractivity contribution in [3.05, 3.63) is 71.8 Å². The van der Waals surface area contributed by atoms with Crippen molar-refractivity contribution < 1.29 is 4.79 Å². The summed E-state index contributed by atoms with van der Waals surface area (Å²) < 4.78 is 3.46. The van der Waals surface area contributed by atoms with E-state index in [4.69, 9.17) is 5.73 Å². The van der Waals surface area contributed by atoms with Gasteiger partial charge < -0.3 is 5.73 Å². The van der Waals surface area contributed by atoms with Gasteiger partial charge in [-0.15, -0.1) is 0 Å². The molecule has 0 saturated carbocycles. The molecule has 0 aliphatic rings. The van der Waals surface area contributed by atoms with E-state index in [0.717, 1.165) is 38.9 Å². The molecule has 4 aromatic rings. The van der Waals surface area contributed by atoms with Crippen LogP contribution < -0.4 is 5.73 Å². The number of allylic oxidation sites excluding steroid dienone is 1. The zero-order valence-corrected chi connectivity index (χ0v) is 16.9. The molecule has 4 rings (SSSR count). The molecule has 1 aromatic carbocycles. The largest absolute Gasteiger partial charge is 0.366 e. The number of aryl methyl sites for hydroxylation is 1. The Hall–Kier alpha value is -4.18. The summed E-state index contributed by atoms with van der Waals surface area (Å²) in [6.07, 6.45) is 7.17. The standard InChI is InChI=1S/C23H20N6O/c1-14(2)21(23(25)30)16-6-4-15(5-7-16)20-8-17(19-11-26-28(3)12-19)13-29-22(20)18(9-24)10-27-29/h4-8,10-13H,1-3H3,(H2,25,30). The van der Waals surface area contributed by atoms with E-state index in [1.54, 1.807) is 21.6 Å². The molecule has 148 valence electrons. The summed E-state index contributed by atoms with van der Waals surface area (Å²) in [5.74, 6) is -0.453. The molecular weight excluding hydrogens is 376 g/mol. The molecule has 0 saturated heterocycles. The summed E-state index contributed by atoms with van der Waals surface area (Å²) in [6, 6.07) is 11.8. The Kier molecular flexibility index (Phi) is 4.68. The second kappa shape index (κ2) is 7.33. The maximum atomic E-state index is 11.8. The van der Waals surface area contributed by atoms with Gasteiger partial charge in [0.15, 0.2) is 0 Å². The number of nitrogens with zero attached hydrogens (tertiary/aromatic N) is 5. The fraction of sp³-hybridized carbons (Fsp3) is 0.130. The molecule has 0 bridgehead atoms. The van der Waals surface area contributed by atoms with Gasteiger partial charge in [-0.2, -0.15) is 15.5 Å². The van der Waals surface area contributed by atoms with Crippen LogP contribution in [-0.2, 0) is 11.8 Å². The maximum absolute atomic E-state index is 11.8. The highest BCUT2D eigenvalue weighted by atomic mass is 16.1. The van der Waals surface area contributed by atoms with Crippen LogP contribution in [0.5, 0.6) is 0 Å². The quantitative estimate of drug-likeness (QED) is 0.533. The van der Waals surface area contributed by atoms with Crippen molar-refractivity contribution in [1.29, 1.82) is 5.26 Å². The number of nitrogens with two attached hydrogens (primary N) is 1. The number of carbonyl (C=O) groups excluding carboxylic acids is 1. The number of nitriles is 1. The van der Waals surface area contributed by atoms with Gasteiger partial charge in [-0.25, -0.2) is 4.52 Å². The zero-order chi connectivity index (χ0) is 21.4. The number of hydrogen-bond donors (Lipinski definition) is 1. The van der Waals surface area contributed by atoms with Gasteiger partial charge in [-0.1, -0.05) is 29.8 Å². The smallest absolute Gasteiger partial charge is 0.249 e. The van der Waals surface area contributed by atoms with Crippen molar-refractivity contribution in [2.24, 2.45) is 12.8 Å². The molecule has 1 amide bonds. The third-order valence-corrected chi connectivity index (χ3v) is 5.00. The van der Waals surface area contributed by atoms with Crippen LogP contribution in [0, 0.1) is 11.3 Å². The summed E-state index contributed by atoms with van der Waals surface area (Å²) in [6.45, 7) is 3.72. The zero-order valence-electron chi connectivity index (χ0n) is 16.9. The van der Waals surface area contributed by atoms with E-state index >= 15 is 0 Å². The van der Waals surface area contributed by atoms with E-state index < -0.39 is 5.91 Å². The third kappa shape index (κ3) is 3.25. The normalized spacial score (nSPS) is 10.7. The van der Waals surface area contributed by atoms with Gasteiger partial charge in [0.25, 0.3) is 0 Å². The van der Waals surface area contributed by atoms with Crippen LogP contribution in [0.25, 0.3) is 33.3 Å². The van der Waals surface area contributed by atoms with E-state index in [-0.39, 0.29) is 0 Å². The van der Waals surface area contributed by atoms with Gasteiger partial charge >= 0.3 is 0 Å². The SMILES string of the molecule is CC(C)=C(C(N)=O)c1ccc(-c2cc(-c3cnn(C)c3)cn3ncc(C#N)c23)cc1. The lowest BCUT2D eigenvalue weighted by Gasteiger charge is -2.11. The number of amides is 1. The minimum Gasteiger partial charge on any atom is -0.366 e. The Labute approximate surface area is 173 Å². The predicted octanol–water partition coefficient (Wildman–Crippen LogP) is 3.55. The second-order valence-electron chi connectivity index (χ2n) is 7.32. The molecule has 0 atom stereocenters. The van der Waals surface area contributed by atoms with Gasteiger partial charge in [0, 0.05) is 41.7 Å². The van der Waals surface area contributed by atoms with Crippen LogP contribution >= 0.6 is 0 Å². The number of aromatic nitrogens is 4. The number of fused-ring (bicyclic) bond motifs is 1. The van der Waals surface area contributed by atoms with Crippen molar-refractivity contribution in [1.82, 2.24) is 19.4 Å². The first-order chi connectivity index (χ1) is 14.4. The Morgan fingerprint density at radius 1 is 1.03 bits per heavy atom. The predicted molar refractivity (Wildman–Crippen MR) is 115 cm³/mol. The molecule has 0 aliphatic carbocycles. The molecule has 3 aromatic heterocycles. The number of rotatable bonds is 4. The van der Waals surface area contributed by atoms with Gasteiger partial charge in [-0.3, -0.25) is 9.48 Å². The fourth-order valence-corrected chi connectivity index (χ4v) is 3.65. The number of benzene rings is 1. The van der Waals surface area contributed by atoms with Crippen molar-refractivity contribution in [2.45, 2.75) is 13.8 Å². The summed E-state index contributed by atoms with van der Waals surface area (Å²) >= 11 is 0. The molecule has 0 spiro atoms. The molecule has 2 N–H and O–H groups in total. The van der Waals surface area contributed by atoms with Crippen molar-refractivity contribution >= 4 is 17.0 Å². The molecule has 0 unspecified atom stereocenters. The van der Waals surface area contributed by atoms with E-state index in [0.29, 0.717) is 11.1 Å². The highest BCUT2D eigenvalue weighted by Crippen LogP contribution is 2.32. The van der Waals surface area contributed by atoms with E-state index in [2.05, 4.69) is 16.3 Å². The number of carbonyl (C=O) groups is 1. The summed E-state index contributed by atoms with van der Waals surface area (Å²) in [7, 11) is 1.86. The van der Waals surface area contributed by atoms with Crippen LogP contribution in [0.3, 0.4) is 0 Å². The number of hydrogen-bond acceptors (Lipinski definition) is 4.